The van der Waals surface area contributed by atoms with Crippen molar-refractivity contribution in [3.05, 3.63) is 89.5 Å². The van der Waals surface area contributed by atoms with Crippen molar-refractivity contribution in [1.29, 1.82) is 0 Å². The molecule has 0 radical (unpaired) electrons. The zero-order chi connectivity index (χ0) is 26.7. The number of anilines is 1. The third-order valence-electron chi connectivity index (χ3n) is 6.82. The monoisotopic (exact) mass is 549 g/mol. The van der Waals surface area contributed by atoms with Crippen molar-refractivity contribution in [2.75, 3.05) is 25.1 Å². The van der Waals surface area contributed by atoms with Crippen LogP contribution in [0.1, 0.15) is 41.3 Å². The summed E-state index contributed by atoms with van der Waals surface area (Å²) in [5.74, 6) is -0.223. The summed E-state index contributed by atoms with van der Waals surface area (Å²) in [6.07, 6.45) is 2.66. The fourth-order valence-electron chi connectivity index (χ4n) is 4.67. The van der Waals surface area contributed by atoms with E-state index in [4.69, 9.17) is 9.72 Å². The highest BCUT2D eigenvalue weighted by molar-refractivity contribution is 7.89. The molecule has 198 valence electrons. The van der Waals surface area contributed by atoms with Crippen molar-refractivity contribution < 1.29 is 17.9 Å². The summed E-state index contributed by atoms with van der Waals surface area (Å²) >= 11 is 1.49. The van der Waals surface area contributed by atoms with Gasteiger partial charge >= 0.3 is 0 Å². The van der Waals surface area contributed by atoms with E-state index < -0.39 is 10.0 Å². The SMILES string of the molecule is CCc1cccc2sc(N(CC3CCCO3)C(=O)c3ccc(S(=O)(=O)N(C)Cc4ccccc4)cc3)nc12. The van der Waals surface area contributed by atoms with Gasteiger partial charge < -0.3 is 4.74 Å². The van der Waals surface area contributed by atoms with Crippen molar-refractivity contribution in [2.45, 2.75) is 43.7 Å². The molecule has 9 heteroatoms. The topological polar surface area (TPSA) is 79.8 Å². The summed E-state index contributed by atoms with van der Waals surface area (Å²) in [5.41, 5.74) is 3.37. The maximum atomic E-state index is 13.8. The highest BCUT2D eigenvalue weighted by Crippen LogP contribution is 2.33. The molecule has 38 heavy (non-hydrogen) atoms. The lowest BCUT2D eigenvalue weighted by Crippen LogP contribution is -2.37. The van der Waals surface area contributed by atoms with Gasteiger partial charge in [0.2, 0.25) is 10.0 Å². The van der Waals surface area contributed by atoms with Crippen molar-refractivity contribution in [3.63, 3.8) is 0 Å². The molecule has 1 aliphatic heterocycles. The molecule has 1 amide bonds. The quantitative estimate of drug-likeness (QED) is 0.275. The van der Waals surface area contributed by atoms with Crippen LogP contribution in [0.4, 0.5) is 5.13 Å². The number of carbonyl (C=O) groups is 1. The predicted molar refractivity (Wildman–Crippen MR) is 151 cm³/mol. The predicted octanol–water partition coefficient (Wildman–Crippen LogP) is 5.51. The number of nitrogens with zero attached hydrogens (tertiary/aromatic N) is 3. The van der Waals surface area contributed by atoms with E-state index in [-0.39, 0.29) is 23.5 Å². The van der Waals surface area contributed by atoms with Gasteiger partial charge in [0.05, 0.1) is 27.8 Å². The zero-order valence-corrected chi connectivity index (χ0v) is 23.2. The fourth-order valence-corrected chi connectivity index (χ4v) is 6.85. The lowest BCUT2D eigenvalue weighted by Gasteiger charge is -2.23. The number of aromatic nitrogens is 1. The summed E-state index contributed by atoms with van der Waals surface area (Å²) < 4.78 is 34.5. The first-order valence-electron chi connectivity index (χ1n) is 12.8. The van der Waals surface area contributed by atoms with Gasteiger partial charge in [0.15, 0.2) is 5.13 Å². The molecule has 1 atom stereocenters. The summed E-state index contributed by atoms with van der Waals surface area (Å²) in [6, 6.07) is 21.7. The van der Waals surface area contributed by atoms with Gasteiger partial charge in [-0.1, -0.05) is 60.7 Å². The molecule has 0 N–H and O–H groups in total. The van der Waals surface area contributed by atoms with E-state index in [1.807, 2.05) is 42.5 Å². The number of para-hydroxylation sites is 1. The standard InChI is InChI=1S/C29H31N3O4S2/c1-3-22-11-7-13-26-27(22)30-29(37-26)32(20-24-12-8-18-36-24)28(33)23-14-16-25(17-15-23)38(34,35)31(2)19-21-9-5-4-6-10-21/h4-7,9-11,13-17,24H,3,8,12,18-20H2,1-2H3. The van der Waals surface area contributed by atoms with Crippen LogP contribution in [0.2, 0.25) is 0 Å². The number of ether oxygens (including phenoxy) is 1. The Balaban J connectivity index is 1.41. The molecular formula is C29H31N3O4S2. The summed E-state index contributed by atoms with van der Waals surface area (Å²) in [6.45, 7) is 3.45. The Morgan fingerprint density at radius 2 is 1.82 bits per heavy atom. The molecule has 4 aromatic rings. The van der Waals surface area contributed by atoms with Crippen molar-refractivity contribution in [3.8, 4) is 0 Å². The van der Waals surface area contributed by atoms with E-state index in [2.05, 4.69) is 13.0 Å². The molecule has 0 aliphatic carbocycles. The van der Waals surface area contributed by atoms with Crippen LogP contribution in [0.15, 0.2) is 77.7 Å². The number of hydrogen-bond acceptors (Lipinski definition) is 6. The molecule has 2 heterocycles. The largest absolute Gasteiger partial charge is 0.376 e. The molecule has 0 saturated carbocycles. The summed E-state index contributed by atoms with van der Waals surface area (Å²) in [7, 11) is -2.16. The Kier molecular flexibility index (Phi) is 7.90. The molecule has 1 aliphatic rings. The van der Waals surface area contributed by atoms with E-state index in [1.54, 1.807) is 24.1 Å². The van der Waals surface area contributed by atoms with Crippen LogP contribution in [0.25, 0.3) is 10.2 Å². The average molecular weight is 550 g/mol. The van der Waals surface area contributed by atoms with Crippen LogP contribution in [-0.2, 0) is 27.7 Å². The van der Waals surface area contributed by atoms with Crippen molar-refractivity contribution in [1.82, 2.24) is 9.29 Å². The van der Waals surface area contributed by atoms with Crippen LogP contribution in [0.3, 0.4) is 0 Å². The number of rotatable bonds is 9. The summed E-state index contributed by atoms with van der Waals surface area (Å²) in [5, 5.41) is 0.626. The highest BCUT2D eigenvalue weighted by Gasteiger charge is 2.28. The lowest BCUT2D eigenvalue weighted by molar-refractivity contribution is 0.0917. The van der Waals surface area contributed by atoms with Gasteiger partial charge in [-0.3, -0.25) is 9.69 Å². The minimum absolute atomic E-state index is 0.0529. The van der Waals surface area contributed by atoms with Gasteiger partial charge in [0.25, 0.3) is 5.91 Å². The highest BCUT2D eigenvalue weighted by atomic mass is 32.2. The molecule has 0 spiro atoms. The molecule has 1 fully saturated rings. The Labute approximate surface area is 227 Å². The third kappa shape index (κ3) is 5.51. The molecule has 0 bridgehead atoms. The zero-order valence-electron chi connectivity index (χ0n) is 21.5. The molecule has 5 rings (SSSR count). The fraction of sp³-hybridized carbons (Fsp3) is 0.310. The Hall–Kier alpha value is -3.11. The van der Waals surface area contributed by atoms with Crippen molar-refractivity contribution in [2.24, 2.45) is 0 Å². The maximum absolute atomic E-state index is 13.8. The van der Waals surface area contributed by atoms with Gasteiger partial charge in [-0.15, -0.1) is 0 Å². The third-order valence-corrected chi connectivity index (χ3v) is 9.68. The van der Waals surface area contributed by atoms with E-state index in [9.17, 15) is 13.2 Å². The number of sulfonamides is 1. The van der Waals surface area contributed by atoms with E-state index in [0.29, 0.717) is 23.8 Å². The number of benzene rings is 3. The number of fused-ring (bicyclic) bond motifs is 1. The molecule has 1 saturated heterocycles. The molecule has 1 aromatic heterocycles. The summed E-state index contributed by atoms with van der Waals surface area (Å²) in [4.78, 5) is 20.5. The second-order valence-corrected chi connectivity index (χ2v) is 12.5. The second kappa shape index (κ2) is 11.3. The Morgan fingerprint density at radius 1 is 1.05 bits per heavy atom. The van der Waals surface area contributed by atoms with Crippen LogP contribution < -0.4 is 4.90 Å². The number of aryl methyl sites for hydroxylation is 1. The maximum Gasteiger partial charge on any atom is 0.260 e. The lowest BCUT2D eigenvalue weighted by atomic mass is 10.1. The first kappa shape index (κ1) is 26.5. The van der Waals surface area contributed by atoms with Gasteiger partial charge in [-0.2, -0.15) is 4.31 Å². The van der Waals surface area contributed by atoms with Crippen LogP contribution in [0, 0.1) is 0 Å². The smallest absolute Gasteiger partial charge is 0.260 e. The van der Waals surface area contributed by atoms with Crippen LogP contribution in [-0.4, -0.2) is 49.9 Å². The van der Waals surface area contributed by atoms with E-state index in [0.717, 1.165) is 40.6 Å². The normalized spacial score (nSPS) is 15.8. The first-order chi connectivity index (χ1) is 18.4. The minimum atomic E-state index is -3.72. The van der Waals surface area contributed by atoms with Gasteiger partial charge in [-0.25, -0.2) is 13.4 Å². The minimum Gasteiger partial charge on any atom is -0.376 e. The molecule has 7 nitrogen and oxygen atoms in total. The van der Waals surface area contributed by atoms with E-state index in [1.165, 1.54) is 27.8 Å². The average Bonchev–Trinajstić information content (AvgIpc) is 3.61. The number of thiazole rings is 1. The first-order valence-corrected chi connectivity index (χ1v) is 15.0. The van der Waals surface area contributed by atoms with Gasteiger partial charge in [0, 0.05) is 25.8 Å². The van der Waals surface area contributed by atoms with Gasteiger partial charge in [-0.05, 0) is 60.7 Å². The Bertz CT molecular complexity index is 1510. The molecule has 1 unspecified atom stereocenters. The Morgan fingerprint density at radius 3 is 2.50 bits per heavy atom. The molecule has 3 aromatic carbocycles. The number of amides is 1. The van der Waals surface area contributed by atoms with Crippen LogP contribution in [0.5, 0.6) is 0 Å². The van der Waals surface area contributed by atoms with Gasteiger partial charge in [0.1, 0.15) is 0 Å². The number of hydrogen-bond donors (Lipinski definition) is 0. The van der Waals surface area contributed by atoms with Crippen molar-refractivity contribution >= 4 is 42.6 Å². The van der Waals surface area contributed by atoms with Crippen LogP contribution >= 0.6 is 11.3 Å². The molecular weight excluding hydrogens is 518 g/mol. The number of carbonyl (C=O) groups excluding carboxylic acids is 1. The second-order valence-electron chi connectivity index (χ2n) is 9.44. The van der Waals surface area contributed by atoms with E-state index >= 15 is 0 Å².